The summed E-state index contributed by atoms with van der Waals surface area (Å²) in [6.07, 6.45) is 5.47. The number of hydrogen-bond donors (Lipinski definition) is 1. The van der Waals surface area contributed by atoms with Crippen molar-refractivity contribution < 1.29 is 9.84 Å². The smallest absolute Gasteiger partial charge is 0.0816 e. The second-order valence-electron chi connectivity index (χ2n) is 3.51. The average molecular weight is 156 g/mol. The summed E-state index contributed by atoms with van der Waals surface area (Å²) in [6, 6.07) is 0. The third-order valence-electron chi connectivity index (χ3n) is 2.25. The molecule has 64 valence electrons. The number of ether oxygens (including phenoxy) is 1. The van der Waals surface area contributed by atoms with Gasteiger partial charge in [0.25, 0.3) is 0 Å². The van der Waals surface area contributed by atoms with Crippen LogP contribution in [0, 0.1) is 0 Å². The second kappa shape index (κ2) is 3.26. The Morgan fingerprint density at radius 2 is 2.00 bits per heavy atom. The number of methoxy groups -OCH3 is 1. The van der Waals surface area contributed by atoms with Gasteiger partial charge in [-0.3, -0.25) is 0 Å². The van der Waals surface area contributed by atoms with E-state index < -0.39 is 5.60 Å². The molecule has 0 aromatic carbocycles. The van der Waals surface area contributed by atoms with E-state index >= 15 is 0 Å². The molecule has 0 radical (unpaired) electrons. The van der Waals surface area contributed by atoms with E-state index in [2.05, 4.69) is 0 Å². The Morgan fingerprint density at radius 1 is 1.45 bits per heavy atom. The van der Waals surface area contributed by atoms with Crippen molar-refractivity contribution in [2.24, 2.45) is 0 Å². The lowest BCUT2D eigenvalue weighted by molar-refractivity contribution is 0.0320. The first-order valence-electron chi connectivity index (χ1n) is 4.07. The summed E-state index contributed by atoms with van der Waals surface area (Å²) >= 11 is 0. The summed E-state index contributed by atoms with van der Waals surface area (Å²) in [5.74, 6) is 0. The van der Waals surface area contributed by atoms with E-state index in [0.29, 0.717) is 0 Å². The minimum absolute atomic E-state index is 0.439. The van der Waals surface area contributed by atoms with E-state index in [9.17, 15) is 5.11 Å². The van der Waals surface area contributed by atoms with Crippen LogP contribution in [0.2, 0.25) is 0 Å². The van der Waals surface area contributed by atoms with E-state index in [1.807, 2.05) is 6.92 Å². The molecule has 11 heavy (non-hydrogen) atoms. The van der Waals surface area contributed by atoms with Gasteiger partial charge >= 0.3 is 0 Å². The van der Waals surface area contributed by atoms with Crippen molar-refractivity contribution in [1.29, 1.82) is 0 Å². The second-order valence-corrected chi connectivity index (χ2v) is 3.51. The van der Waals surface area contributed by atoms with Crippen molar-refractivity contribution in [2.75, 3.05) is 7.11 Å². The molecule has 0 aromatic heterocycles. The Balaban J connectivity index is 2.42. The first kappa shape index (κ1) is 8.60. The van der Waals surface area contributed by atoms with Crippen molar-refractivity contribution in [3.8, 4) is 0 Å². The zero-order valence-corrected chi connectivity index (χ0v) is 7.26. The van der Waals surface area contributed by atoms with E-state index in [4.69, 9.17) is 4.74 Å². The van der Waals surface area contributed by atoms with Crippen LogP contribution in [0.15, 0.2) is 11.8 Å². The molecule has 2 nitrogen and oxygen atoms in total. The van der Waals surface area contributed by atoms with E-state index in [0.717, 1.165) is 25.7 Å². The molecule has 0 unspecified atom stereocenters. The summed E-state index contributed by atoms with van der Waals surface area (Å²) < 4.78 is 4.91. The summed E-state index contributed by atoms with van der Waals surface area (Å²) in [7, 11) is 1.67. The summed E-state index contributed by atoms with van der Waals surface area (Å²) in [5, 5.41) is 9.59. The van der Waals surface area contributed by atoms with Crippen molar-refractivity contribution in [2.45, 2.75) is 38.2 Å². The zero-order valence-electron chi connectivity index (χ0n) is 7.26. The fourth-order valence-electron chi connectivity index (χ4n) is 1.39. The van der Waals surface area contributed by atoms with Crippen LogP contribution in [0.4, 0.5) is 0 Å². The topological polar surface area (TPSA) is 29.5 Å². The van der Waals surface area contributed by atoms with Crippen molar-refractivity contribution >= 4 is 0 Å². The molecule has 1 aliphatic rings. The highest BCUT2D eigenvalue weighted by Crippen LogP contribution is 2.30. The maximum absolute atomic E-state index is 9.59. The van der Waals surface area contributed by atoms with E-state index in [-0.39, 0.29) is 0 Å². The van der Waals surface area contributed by atoms with Crippen LogP contribution in [-0.2, 0) is 4.74 Å². The largest absolute Gasteiger partial charge is 0.504 e. The lowest BCUT2D eigenvalue weighted by Crippen LogP contribution is -2.27. The lowest BCUT2D eigenvalue weighted by Gasteiger charge is -2.28. The van der Waals surface area contributed by atoms with Gasteiger partial charge in [-0.2, -0.15) is 0 Å². The van der Waals surface area contributed by atoms with Gasteiger partial charge in [0.05, 0.1) is 19.0 Å². The quantitative estimate of drug-likeness (QED) is 0.587. The molecule has 0 saturated heterocycles. The highest BCUT2D eigenvalue weighted by molar-refractivity contribution is 5.04. The third kappa shape index (κ3) is 2.54. The first-order chi connectivity index (χ1) is 5.14. The fourth-order valence-corrected chi connectivity index (χ4v) is 1.39. The first-order valence-corrected chi connectivity index (χ1v) is 4.07. The molecule has 0 aromatic rings. The van der Waals surface area contributed by atoms with Crippen LogP contribution < -0.4 is 0 Å². The third-order valence-corrected chi connectivity index (χ3v) is 2.25. The number of hydrogen-bond acceptors (Lipinski definition) is 2. The number of aliphatic hydroxyl groups is 1. The molecule has 0 aliphatic heterocycles. The lowest BCUT2D eigenvalue weighted by atomic mass is 9.84. The van der Waals surface area contributed by atoms with Gasteiger partial charge in [-0.15, -0.1) is 0 Å². The number of allylic oxidation sites excluding steroid dienone is 1. The molecular weight excluding hydrogens is 140 g/mol. The van der Waals surface area contributed by atoms with Gasteiger partial charge in [-0.1, -0.05) is 0 Å². The van der Waals surface area contributed by atoms with Crippen LogP contribution in [0.3, 0.4) is 0 Å². The summed E-state index contributed by atoms with van der Waals surface area (Å²) in [4.78, 5) is 0. The predicted octanol–water partition coefficient (Wildman–Crippen LogP) is 1.84. The Labute approximate surface area is 67.9 Å². The monoisotopic (exact) mass is 156 g/mol. The molecule has 1 aliphatic carbocycles. The van der Waals surface area contributed by atoms with Gasteiger partial charge in [0.15, 0.2) is 0 Å². The minimum Gasteiger partial charge on any atom is -0.504 e. The highest BCUT2D eigenvalue weighted by atomic mass is 16.5. The molecule has 0 heterocycles. The minimum atomic E-state index is -0.439. The van der Waals surface area contributed by atoms with Crippen LogP contribution in [0.1, 0.15) is 32.6 Å². The fraction of sp³-hybridized carbons (Fsp3) is 0.778. The molecule has 0 amide bonds. The Bertz CT molecular complexity index is 147. The van der Waals surface area contributed by atoms with E-state index in [1.54, 1.807) is 13.4 Å². The van der Waals surface area contributed by atoms with Crippen LogP contribution in [-0.4, -0.2) is 17.8 Å². The van der Waals surface area contributed by atoms with Crippen LogP contribution >= 0.6 is 0 Å². The predicted molar refractivity (Wildman–Crippen MR) is 44.2 cm³/mol. The molecule has 1 saturated carbocycles. The van der Waals surface area contributed by atoms with Gasteiger partial charge in [-0.25, -0.2) is 0 Å². The van der Waals surface area contributed by atoms with Crippen molar-refractivity contribution in [3.05, 3.63) is 11.8 Å². The maximum Gasteiger partial charge on any atom is 0.0816 e. The molecule has 1 N–H and O–H groups in total. The van der Waals surface area contributed by atoms with Crippen LogP contribution in [0.5, 0.6) is 0 Å². The normalized spacial score (nSPS) is 31.7. The van der Waals surface area contributed by atoms with Crippen molar-refractivity contribution in [1.82, 2.24) is 0 Å². The molecule has 1 fully saturated rings. The van der Waals surface area contributed by atoms with Crippen molar-refractivity contribution in [3.63, 3.8) is 0 Å². The molecule has 2 heteroatoms. The molecule has 0 bridgehead atoms. The van der Waals surface area contributed by atoms with Gasteiger partial charge in [0, 0.05) is 0 Å². The maximum atomic E-state index is 9.59. The Morgan fingerprint density at radius 3 is 2.45 bits per heavy atom. The van der Waals surface area contributed by atoms with Gasteiger partial charge in [0.1, 0.15) is 0 Å². The zero-order chi connectivity index (χ0) is 8.32. The van der Waals surface area contributed by atoms with Gasteiger partial charge in [-0.05, 0) is 38.2 Å². The standard InChI is InChI=1S/C9H16O2/c1-9(10)5-3-8(4-6-9)7-11-2/h7,10H,3-6H2,1-2H3. The molecular formula is C9H16O2. The average Bonchev–Trinajstić information content (AvgIpc) is 1.94. The van der Waals surface area contributed by atoms with E-state index in [1.165, 1.54) is 5.57 Å². The van der Waals surface area contributed by atoms with Gasteiger partial charge < -0.3 is 9.84 Å². The summed E-state index contributed by atoms with van der Waals surface area (Å²) in [5.41, 5.74) is 0.879. The summed E-state index contributed by atoms with van der Waals surface area (Å²) in [6.45, 7) is 1.90. The molecule has 0 atom stereocenters. The highest BCUT2D eigenvalue weighted by Gasteiger charge is 2.25. The SMILES string of the molecule is COC=C1CCC(C)(O)CC1. The molecule has 0 spiro atoms. The Hall–Kier alpha value is -0.500. The van der Waals surface area contributed by atoms with Gasteiger partial charge in [0.2, 0.25) is 0 Å². The molecule has 1 rings (SSSR count). The van der Waals surface area contributed by atoms with Crippen LogP contribution in [0.25, 0.3) is 0 Å². The Kier molecular flexibility index (Phi) is 2.55. The number of rotatable bonds is 1.